The minimum Gasteiger partial charge on any atom is -0.396 e. The van der Waals surface area contributed by atoms with Crippen molar-refractivity contribution in [2.75, 3.05) is 24.3 Å². The molecule has 1 aliphatic rings. The van der Waals surface area contributed by atoms with Crippen LogP contribution in [0.4, 0.5) is 10.1 Å². The van der Waals surface area contributed by atoms with E-state index >= 15 is 0 Å². The van der Waals surface area contributed by atoms with Crippen molar-refractivity contribution in [3.63, 3.8) is 0 Å². The number of rotatable bonds is 3. The summed E-state index contributed by atoms with van der Waals surface area (Å²) < 4.78 is 39.8. The van der Waals surface area contributed by atoms with Gasteiger partial charge in [0.25, 0.3) is 0 Å². The Morgan fingerprint density at radius 3 is 2.68 bits per heavy atom. The Balaban J connectivity index is 2.39. The molecule has 1 fully saturated rings. The van der Waals surface area contributed by atoms with E-state index in [-0.39, 0.29) is 22.2 Å². The maximum absolute atomic E-state index is 13.5. The first-order valence-corrected chi connectivity index (χ1v) is 8.55. The number of benzene rings is 1. The number of thioether (sulfide) groups is 1. The third-order valence-corrected chi connectivity index (χ3v) is 6.39. The fourth-order valence-corrected chi connectivity index (χ4v) is 4.95. The zero-order chi connectivity index (χ0) is 14.2. The Kier molecular flexibility index (Phi) is 4.08. The van der Waals surface area contributed by atoms with Gasteiger partial charge in [0.15, 0.2) is 0 Å². The zero-order valence-electron chi connectivity index (χ0n) is 10.9. The van der Waals surface area contributed by atoms with E-state index in [1.54, 1.807) is 18.8 Å². The Morgan fingerprint density at radius 2 is 2.16 bits per heavy atom. The summed E-state index contributed by atoms with van der Waals surface area (Å²) in [6, 6.07) is 2.53. The van der Waals surface area contributed by atoms with Crippen molar-refractivity contribution in [3.05, 3.63) is 23.5 Å². The number of nitrogen functional groups attached to an aromatic ring is 1. The minimum atomic E-state index is -3.61. The van der Waals surface area contributed by atoms with Crippen LogP contribution < -0.4 is 5.73 Å². The summed E-state index contributed by atoms with van der Waals surface area (Å²) in [5.74, 6) is 1.21. The first-order chi connectivity index (χ1) is 8.84. The quantitative estimate of drug-likeness (QED) is 0.866. The van der Waals surface area contributed by atoms with Gasteiger partial charge in [0, 0.05) is 18.8 Å². The number of anilines is 1. The molecule has 2 N–H and O–H groups in total. The van der Waals surface area contributed by atoms with E-state index in [2.05, 4.69) is 0 Å². The average Bonchev–Trinajstić information content (AvgIpc) is 2.87. The Bertz CT molecular complexity index is 560. The van der Waals surface area contributed by atoms with Crippen molar-refractivity contribution in [1.82, 2.24) is 4.31 Å². The van der Waals surface area contributed by atoms with Crippen molar-refractivity contribution in [3.8, 4) is 0 Å². The molecule has 106 valence electrons. The topological polar surface area (TPSA) is 63.4 Å². The van der Waals surface area contributed by atoms with Crippen LogP contribution in [0.15, 0.2) is 17.0 Å². The number of halogens is 1. The molecule has 1 heterocycles. The molecular weight excluding hydrogens is 287 g/mol. The van der Waals surface area contributed by atoms with Gasteiger partial charge in [-0.3, -0.25) is 0 Å². The molecule has 1 unspecified atom stereocenters. The molecule has 1 aromatic rings. The summed E-state index contributed by atoms with van der Waals surface area (Å²) in [4.78, 5) is 0.0586. The van der Waals surface area contributed by atoms with E-state index in [0.29, 0.717) is 0 Å². The Labute approximate surface area is 117 Å². The summed E-state index contributed by atoms with van der Waals surface area (Å²) in [5.41, 5.74) is 5.62. The highest BCUT2D eigenvalue weighted by molar-refractivity contribution is 7.99. The van der Waals surface area contributed by atoms with Crippen molar-refractivity contribution in [1.29, 1.82) is 0 Å². The molecule has 0 amide bonds. The molecule has 2 rings (SSSR count). The van der Waals surface area contributed by atoms with Gasteiger partial charge in [-0.2, -0.15) is 16.1 Å². The van der Waals surface area contributed by atoms with E-state index < -0.39 is 15.8 Å². The number of hydrogen-bond donors (Lipinski definition) is 1. The van der Waals surface area contributed by atoms with Crippen molar-refractivity contribution < 1.29 is 12.8 Å². The van der Waals surface area contributed by atoms with Gasteiger partial charge < -0.3 is 5.73 Å². The molecule has 0 bridgehead atoms. The van der Waals surface area contributed by atoms with Crippen LogP contribution in [0.3, 0.4) is 0 Å². The van der Waals surface area contributed by atoms with Crippen LogP contribution in [0.25, 0.3) is 0 Å². The van der Waals surface area contributed by atoms with Crippen LogP contribution >= 0.6 is 11.8 Å². The second kappa shape index (κ2) is 5.30. The number of sulfonamides is 1. The third kappa shape index (κ3) is 2.73. The molecule has 4 nitrogen and oxygen atoms in total. The average molecular weight is 304 g/mol. The van der Waals surface area contributed by atoms with Crippen LogP contribution in [0.2, 0.25) is 0 Å². The van der Waals surface area contributed by atoms with E-state index in [1.807, 2.05) is 0 Å². The molecule has 0 radical (unpaired) electrons. The van der Waals surface area contributed by atoms with Gasteiger partial charge in [-0.05, 0) is 36.8 Å². The fraction of sp³-hybridized carbons (Fsp3) is 0.500. The van der Waals surface area contributed by atoms with Crippen molar-refractivity contribution in [2.24, 2.45) is 0 Å². The summed E-state index contributed by atoms with van der Waals surface area (Å²) in [7, 11) is -2.04. The fourth-order valence-electron chi connectivity index (χ4n) is 2.08. The van der Waals surface area contributed by atoms with Gasteiger partial charge in [-0.15, -0.1) is 0 Å². The molecule has 0 saturated carbocycles. The first-order valence-electron chi connectivity index (χ1n) is 5.95. The second-order valence-electron chi connectivity index (χ2n) is 4.68. The van der Waals surface area contributed by atoms with Crippen LogP contribution in [-0.2, 0) is 10.0 Å². The lowest BCUT2D eigenvalue weighted by Crippen LogP contribution is -2.37. The Hall–Kier alpha value is -0.790. The lowest BCUT2D eigenvalue weighted by atomic mass is 10.2. The standard InChI is InChI=1S/C12H17FN2O2S2/c1-8-5-10(6-11(14)12(8)13)19(16,17)15(2)9-3-4-18-7-9/h5-6,9H,3-4,7,14H2,1-2H3. The molecule has 0 spiro atoms. The maximum Gasteiger partial charge on any atom is 0.243 e. The van der Waals surface area contributed by atoms with Gasteiger partial charge in [0.2, 0.25) is 10.0 Å². The second-order valence-corrected chi connectivity index (χ2v) is 7.83. The molecule has 1 atom stereocenters. The summed E-state index contributed by atoms with van der Waals surface area (Å²) in [6.07, 6.45) is 0.843. The van der Waals surface area contributed by atoms with E-state index in [4.69, 9.17) is 5.73 Å². The molecule has 19 heavy (non-hydrogen) atoms. The van der Waals surface area contributed by atoms with Gasteiger partial charge in [-0.1, -0.05) is 0 Å². The SMILES string of the molecule is Cc1cc(S(=O)(=O)N(C)C2CCSC2)cc(N)c1F. The smallest absolute Gasteiger partial charge is 0.243 e. The van der Waals surface area contributed by atoms with Gasteiger partial charge in [-0.25, -0.2) is 12.8 Å². The van der Waals surface area contributed by atoms with Crippen molar-refractivity contribution in [2.45, 2.75) is 24.3 Å². The van der Waals surface area contributed by atoms with Gasteiger partial charge in [0.1, 0.15) is 5.82 Å². The van der Waals surface area contributed by atoms with Gasteiger partial charge >= 0.3 is 0 Å². The molecule has 1 aromatic carbocycles. The number of aryl methyl sites for hydroxylation is 1. The minimum absolute atomic E-state index is 0.00147. The maximum atomic E-state index is 13.5. The predicted octanol–water partition coefficient (Wildman–Crippen LogP) is 1.84. The normalized spacial score (nSPS) is 20.1. The highest BCUT2D eigenvalue weighted by atomic mass is 32.2. The van der Waals surface area contributed by atoms with E-state index in [1.165, 1.54) is 23.4 Å². The molecule has 7 heteroatoms. The van der Waals surface area contributed by atoms with Crippen LogP contribution in [0.5, 0.6) is 0 Å². The van der Waals surface area contributed by atoms with Crippen LogP contribution in [-0.4, -0.2) is 37.3 Å². The lowest BCUT2D eigenvalue weighted by Gasteiger charge is -2.23. The lowest BCUT2D eigenvalue weighted by molar-refractivity contribution is 0.394. The van der Waals surface area contributed by atoms with Crippen molar-refractivity contribution >= 4 is 27.5 Å². The predicted molar refractivity (Wildman–Crippen MR) is 76.2 cm³/mol. The summed E-state index contributed by atoms with van der Waals surface area (Å²) in [6.45, 7) is 1.51. The van der Waals surface area contributed by atoms with Gasteiger partial charge in [0.05, 0.1) is 10.6 Å². The molecule has 1 aliphatic heterocycles. The molecular formula is C12H17FN2O2S2. The third-order valence-electron chi connectivity index (χ3n) is 3.35. The first kappa shape index (κ1) is 14.6. The summed E-state index contributed by atoms with van der Waals surface area (Å²) in [5, 5.41) is 0. The van der Waals surface area contributed by atoms with E-state index in [0.717, 1.165) is 17.9 Å². The summed E-state index contributed by atoms with van der Waals surface area (Å²) >= 11 is 1.74. The Morgan fingerprint density at radius 1 is 1.47 bits per heavy atom. The zero-order valence-corrected chi connectivity index (χ0v) is 12.5. The molecule has 0 aliphatic carbocycles. The molecule has 0 aromatic heterocycles. The largest absolute Gasteiger partial charge is 0.396 e. The number of nitrogens with zero attached hydrogens (tertiary/aromatic N) is 1. The van der Waals surface area contributed by atoms with Crippen LogP contribution in [0.1, 0.15) is 12.0 Å². The highest BCUT2D eigenvalue weighted by Gasteiger charge is 2.31. The molecule has 1 saturated heterocycles. The number of nitrogens with two attached hydrogens (primary N) is 1. The number of hydrogen-bond acceptors (Lipinski definition) is 4. The van der Waals surface area contributed by atoms with Crippen LogP contribution in [0, 0.1) is 12.7 Å². The monoisotopic (exact) mass is 304 g/mol. The highest BCUT2D eigenvalue weighted by Crippen LogP contribution is 2.28. The van der Waals surface area contributed by atoms with E-state index in [9.17, 15) is 12.8 Å².